The second kappa shape index (κ2) is 3.17. The molecule has 15 heavy (non-hydrogen) atoms. The number of fused-ring (bicyclic) bond motifs is 2. The van der Waals surface area contributed by atoms with Gasteiger partial charge in [0.25, 0.3) is 0 Å². The number of nitrogens with one attached hydrogen (secondary N) is 1. The number of thioether (sulfide) groups is 1. The SMILES string of the molecule is CSC1C(=O)Nc2cc3c(cc21)OCC3. The number of anilines is 1. The summed E-state index contributed by atoms with van der Waals surface area (Å²) in [7, 11) is 0. The van der Waals surface area contributed by atoms with E-state index in [1.165, 1.54) is 5.56 Å². The van der Waals surface area contributed by atoms with E-state index in [0.29, 0.717) is 0 Å². The molecule has 0 fully saturated rings. The zero-order chi connectivity index (χ0) is 10.4. The van der Waals surface area contributed by atoms with Gasteiger partial charge in [0, 0.05) is 17.7 Å². The summed E-state index contributed by atoms with van der Waals surface area (Å²) in [5, 5.41) is 2.84. The molecule has 0 aromatic heterocycles. The Morgan fingerprint density at radius 3 is 3.20 bits per heavy atom. The second-order valence-corrected chi connectivity index (χ2v) is 4.69. The van der Waals surface area contributed by atoms with E-state index in [9.17, 15) is 4.79 Å². The molecule has 1 aromatic carbocycles. The molecule has 1 N–H and O–H groups in total. The molecular formula is C11H11NO2S. The Morgan fingerprint density at radius 2 is 2.40 bits per heavy atom. The minimum Gasteiger partial charge on any atom is -0.493 e. The largest absolute Gasteiger partial charge is 0.493 e. The molecule has 0 radical (unpaired) electrons. The van der Waals surface area contributed by atoms with Crippen LogP contribution < -0.4 is 10.1 Å². The Balaban J connectivity index is 2.12. The van der Waals surface area contributed by atoms with Gasteiger partial charge in [-0.25, -0.2) is 0 Å². The molecule has 1 unspecified atom stereocenters. The van der Waals surface area contributed by atoms with Gasteiger partial charge in [0.2, 0.25) is 5.91 Å². The van der Waals surface area contributed by atoms with Crippen LogP contribution in [0.2, 0.25) is 0 Å². The summed E-state index contributed by atoms with van der Waals surface area (Å²) in [5.74, 6) is 1.03. The molecule has 0 saturated carbocycles. The molecule has 0 bridgehead atoms. The number of rotatable bonds is 1. The highest BCUT2D eigenvalue weighted by molar-refractivity contribution is 7.99. The van der Waals surface area contributed by atoms with Crippen LogP contribution in [0, 0.1) is 0 Å². The first-order chi connectivity index (χ1) is 7.29. The predicted molar refractivity (Wildman–Crippen MR) is 60.5 cm³/mol. The summed E-state index contributed by atoms with van der Waals surface area (Å²) < 4.78 is 5.50. The van der Waals surface area contributed by atoms with E-state index in [-0.39, 0.29) is 11.2 Å². The quantitative estimate of drug-likeness (QED) is 0.788. The van der Waals surface area contributed by atoms with Crippen LogP contribution in [0.15, 0.2) is 12.1 Å². The summed E-state index contributed by atoms with van der Waals surface area (Å²) in [5.41, 5.74) is 3.23. The number of hydrogen-bond donors (Lipinski definition) is 1. The lowest BCUT2D eigenvalue weighted by molar-refractivity contribution is -0.115. The molecule has 1 amide bonds. The molecule has 0 saturated heterocycles. The van der Waals surface area contributed by atoms with Crippen molar-refractivity contribution < 1.29 is 9.53 Å². The van der Waals surface area contributed by atoms with Gasteiger partial charge in [0.1, 0.15) is 11.0 Å². The van der Waals surface area contributed by atoms with Crippen molar-refractivity contribution in [2.45, 2.75) is 11.7 Å². The van der Waals surface area contributed by atoms with E-state index in [1.54, 1.807) is 11.8 Å². The highest BCUT2D eigenvalue weighted by Crippen LogP contribution is 2.43. The van der Waals surface area contributed by atoms with Crippen molar-refractivity contribution in [2.24, 2.45) is 0 Å². The van der Waals surface area contributed by atoms with Gasteiger partial charge in [0.05, 0.1) is 6.61 Å². The van der Waals surface area contributed by atoms with Gasteiger partial charge >= 0.3 is 0 Å². The van der Waals surface area contributed by atoms with Crippen LogP contribution in [0.1, 0.15) is 16.4 Å². The molecule has 3 nitrogen and oxygen atoms in total. The van der Waals surface area contributed by atoms with Crippen molar-refractivity contribution >= 4 is 23.4 Å². The zero-order valence-corrected chi connectivity index (χ0v) is 9.19. The standard InChI is InChI=1S/C11H11NO2S/c1-15-10-7-5-9-6(2-3-14-9)4-8(7)12-11(10)13/h4-5,10H,2-3H2,1H3,(H,12,13). The third-order valence-electron chi connectivity index (χ3n) is 2.88. The number of benzene rings is 1. The van der Waals surface area contributed by atoms with E-state index >= 15 is 0 Å². The van der Waals surface area contributed by atoms with E-state index in [2.05, 4.69) is 5.32 Å². The highest BCUT2D eigenvalue weighted by atomic mass is 32.2. The normalized spacial score (nSPS) is 21.9. The van der Waals surface area contributed by atoms with Crippen molar-refractivity contribution in [1.82, 2.24) is 0 Å². The molecule has 3 rings (SSSR count). The van der Waals surface area contributed by atoms with Crippen molar-refractivity contribution in [3.63, 3.8) is 0 Å². The number of ether oxygens (including phenoxy) is 1. The molecule has 1 aromatic rings. The molecule has 0 spiro atoms. The highest BCUT2D eigenvalue weighted by Gasteiger charge is 2.31. The number of carbonyl (C=O) groups is 1. The van der Waals surface area contributed by atoms with Gasteiger partial charge in [0.15, 0.2) is 0 Å². The minimum atomic E-state index is -0.0745. The number of hydrogen-bond acceptors (Lipinski definition) is 3. The Morgan fingerprint density at radius 1 is 1.53 bits per heavy atom. The predicted octanol–water partition coefficient (Wildman–Crippen LogP) is 1.98. The third-order valence-corrected chi connectivity index (χ3v) is 3.82. The first kappa shape index (κ1) is 9.09. The summed E-state index contributed by atoms with van der Waals surface area (Å²) in [6, 6.07) is 4.06. The molecule has 2 aliphatic rings. The average molecular weight is 221 g/mol. The maximum absolute atomic E-state index is 11.6. The van der Waals surface area contributed by atoms with Gasteiger partial charge in [-0.2, -0.15) is 0 Å². The van der Waals surface area contributed by atoms with Crippen LogP contribution in [-0.2, 0) is 11.2 Å². The van der Waals surface area contributed by atoms with E-state index in [0.717, 1.165) is 30.0 Å². The van der Waals surface area contributed by atoms with Crippen LogP contribution in [-0.4, -0.2) is 18.8 Å². The maximum Gasteiger partial charge on any atom is 0.242 e. The lowest BCUT2D eigenvalue weighted by atomic mass is 10.1. The van der Waals surface area contributed by atoms with Gasteiger partial charge < -0.3 is 10.1 Å². The fourth-order valence-corrected chi connectivity index (χ4v) is 2.86. The van der Waals surface area contributed by atoms with E-state index < -0.39 is 0 Å². The number of carbonyl (C=O) groups excluding carboxylic acids is 1. The summed E-state index contributed by atoms with van der Waals surface area (Å²) >= 11 is 1.56. The first-order valence-corrected chi connectivity index (χ1v) is 6.21. The van der Waals surface area contributed by atoms with Crippen LogP contribution in [0.3, 0.4) is 0 Å². The molecule has 2 heterocycles. The van der Waals surface area contributed by atoms with Crippen LogP contribution in [0.4, 0.5) is 5.69 Å². The summed E-state index contributed by atoms with van der Waals surface area (Å²) in [6.45, 7) is 0.760. The molecule has 0 aliphatic carbocycles. The fraction of sp³-hybridized carbons (Fsp3) is 0.364. The smallest absolute Gasteiger partial charge is 0.242 e. The van der Waals surface area contributed by atoms with Crippen LogP contribution in [0.25, 0.3) is 0 Å². The van der Waals surface area contributed by atoms with E-state index in [1.807, 2.05) is 18.4 Å². The van der Waals surface area contributed by atoms with Crippen LogP contribution in [0.5, 0.6) is 5.75 Å². The van der Waals surface area contributed by atoms with Crippen molar-refractivity contribution in [2.75, 3.05) is 18.2 Å². The number of amides is 1. The van der Waals surface area contributed by atoms with Gasteiger partial charge in [-0.15, -0.1) is 11.8 Å². The van der Waals surface area contributed by atoms with E-state index in [4.69, 9.17) is 4.74 Å². The maximum atomic E-state index is 11.6. The van der Waals surface area contributed by atoms with Gasteiger partial charge in [-0.1, -0.05) is 0 Å². The minimum absolute atomic E-state index is 0.0745. The Kier molecular flexibility index (Phi) is 1.92. The topological polar surface area (TPSA) is 38.3 Å². The van der Waals surface area contributed by atoms with Crippen LogP contribution >= 0.6 is 11.8 Å². The third kappa shape index (κ3) is 1.24. The lowest BCUT2D eigenvalue weighted by Gasteiger charge is -2.06. The molecule has 4 heteroatoms. The Labute approximate surface area is 92.2 Å². The Hall–Kier alpha value is -1.16. The lowest BCUT2D eigenvalue weighted by Crippen LogP contribution is -2.08. The van der Waals surface area contributed by atoms with Crippen molar-refractivity contribution in [1.29, 1.82) is 0 Å². The first-order valence-electron chi connectivity index (χ1n) is 4.93. The van der Waals surface area contributed by atoms with Crippen molar-refractivity contribution in [3.05, 3.63) is 23.3 Å². The molecule has 1 atom stereocenters. The zero-order valence-electron chi connectivity index (χ0n) is 8.37. The summed E-state index contributed by atoms with van der Waals surface area (Å²) in [6.07, 6.45) is 2.90. The van der Waals surface area contributed by atoms with Gasteiger partial charge in [-0.05, 0) is 24.0 Å². The molecule has 78 valence electrons. The summed E-state index contributed by atoms with van der Waals surface area (Å²) in [4.78, 5) is 11.6. The molecule has 2 aliphatic heterocycles. The monoisotopic (exact) mass is 221 g/mol. The van der Waals surface area contributed by atoms with Crippen molar-refractivity contribution in [3.8, 4) is 5.75 Å². The molecular weight excluding hydrogens is 210 g/mol. The average Bonchev–Trinajstić information content (AvgIpc) is 2.76. The second-order valence-electron chi connectivity index (χ2n) is 3.75. The Bertz CT molecular complexity index is 444. The van der Waals surface area contributed by atoms with Gasteiger partial charge in [-0.3, -0.25) is 4.79 Å². The fourth-order valence-electron chi connectivity index (χ4n) is 2.14.